The fourth-order valence-corrected chi connectivity index (χ4v) is 2.66. The van der Waals surface area contributed by atoms with Gasteiger partial charge in [-0.25, -0.2) is 9.59 Å². The number of esters is 1. The number of hydrogen-bond acceptors (Lipinski definition) is 3. The van der Waals surface area contributed by atoms with Gasteiger partial charge in [-0.2, -0.15) is 0 Å². The van der Waals surface area contributed by atoms with Crippen molar-refractivity contribution in [2.75, 3.05) is 6.61 Å². The van der Waals surface area contributed by atoms with Crippen LogP contribution in [0.4, 0.5) is 0 Å². The molecule has 0 amide bonds. The summed E-state index contributed by atoms with van der Waals surface area (Å²) in [5, 5.41) is 8.37. The second-order valence-corrected chi connectivity index (χ2v) is 6.44. The monoisotopic (exact) mass is 366 g/mol. The number of carbonyl (C=O) groups excluding carboxylic acids is 1. The normalized spacial score (nSPS) is 10.6. The second kappa shape index (κ2) is 21.5. The number of carboxylic acid groups (broad SMARTS) is 1. The van der Waals surface area contributed by atoms with E-state index in [1.165, 1.54) is 77.0 Å². The Kier molecular flexibility index (Phi) is 22.9. The molecule has 0 atom stereocenters. The maximum atomic E-state index is 11.1. The largest absolute Gasteiger partial charge is 0.478 e. The van der Waals surface area contributed by atoms with Crippen LogP contribution in [0.25, 0.3) is 0 Å². The molecule has 1 N–H and O–H groups in total. The van der Waals surface area contributed by atoms with Gasteiger partial charge in [0.2, 0.25) is 0 Å². The number of rotatable bonds is 17. The molecule has 0 aromatic carbocycles. The summed E-state index contributed by atoms with van der Waals surface area (Å²) in [7, 11) is 0. The Morgan fingerprint density at radius 3 is 1.52 bits per heavy atom. The van der Waals surface area contributed by atoms with Gasteiger partial charge in [0.15, 0.2) is 0 Å². The first-order valence-corrected chi connectivity index (χ1v) is 9.74. The number of ether oxygens (including phenoxy) is 1. The lowest BCUT2D eigenvalue weighted by atomic mass is 10.0. The molecule has 0 heterocycles. The van der Waals surface area contributed by atoms with E-state index in [0.29, 0.717) is 6.61 Å². The zero-order valence-electron chi connectivity index (χ0n) is 15.4. The van der Waals surface area contributed by atoms with Crippen LogP contribution in [-0.4, -0.2) is 46.7 Å². The van der Waals surface area contributed by atoms with Crippen LogP contribution in [-0.2, 0) is 14.3 Å². The number of unbranched alkanes of at least 4 members (excludes halogenated alkanes) is 13. The van der Waals surface area contributed by atoms with Crippen LogP contribution in [0.15, 0.2) is 12.2 Å². The minimum atomic E-state index is -1.14. The molecular weight excluding hydrogens is 329 g/mol. The highest BCUT2D eigenvalue weighted by Crippen LogP contribution is 2.12. The van der Waals surface area contributed by atoms with Crippen molar-refractivity contribution in [3.05, 3.63) is 12.2 Å². The maximum Gasteiger partial charge on any atom is 0.331 e. The first kappa shape index (κ1) is 26.7. The molecule has 0 unspecified atom stereocenters. The molecule has 0 aliphatic heterocycles. The average Bonchev–Trinajstić information content (AvgIpc) is 2.56. The van der Waals surface area contributed by atoms with Crippen LogP contribution in [0.5, 0.6) is 0 Å². The highest BCUT2D eigenvalue weighted by Gasteiger charge is 1.98. The molecule has 5 heteroatoms. The van der Waals surface area contributed by atoms with Crippen LogP contribution in [0.2, 0.25) is 0 Å². The number of carboxylic acids is 1. The standard InChI is InChI=1S/C20H36O4.Mg.2H/c1-2-3-4-5-6-7-8-9-10-11-12-13-14-15-18-24-20(23)17-16-19(21)22;;;/h16-17H,2-15,18H2,1H3,(H,21,22);;;. The fourth-order valence-electron chi connectivity index (χ4n) is 2.66. The zero-order valence-corrected chi connectivity index (χ0v) is 15.4. The molecule has 0 aliphatic rings. The first-order chi connectivity index (χ1) is 11.7. The van der Waals surface area contributed by atoms with E-state index in [2.05, 4.69) is 6.92 Å². The molecule has 0 saturated carbocycles. The molecule has 0 fully saturated rings. The van der Waals surface area contributed by atoms with Gasteiger partial charge < -0.3 is 9.84 Å². The van der Waals surface area contributed by atoms with Gasteiger partial charge in [-0.05, 0) is 6.42 Å². The molecule has 0 rings (SSSR count). The minimum absolute atomic E-state index is 0. The summed E-state index contributed by atoms with van der Waals surface area (Å²) in [6.07, 6.45) is 19.8. The summed E-state index contributed by atoms with van der Waals surface area (Å²) >= 11 is 0. The van der Waals surface area contributed by atoms with Gasteiger partial charge in [0, 0.05) is 12.2 Å². The summed E-state index contributed by atoms with van der Waals surface area (Å²) in [4.78, 5) is 21.3. The van der Waals surface area contributed by atoms with E-state index in [4.69, 9.17) is 9.84 Å². The van der Waals surface area contributed by atoms with E-state index in [-0.39, 0.29) is 23.1 Å². The van der Waals surface area contributed by atoms with E-state index < -0.39 is 11.9 Å². The topological polar surface area (TPSA) is 63.6 Å². The van der Waals surface area contributed by atoms with Crippen LogP contribution in [0.3, 0.4) is 0 Å². The minimum Gasteiger partial charge on any atom is -0.478 e. The highest BCUT2D eigenvalue weighted by molar-refractivity contribution is 5.90. The fraction of sp³-hybridized carbons (Fsp3) is 0.800. The van der Waals surface area contributed by atoms with Gasteiger partial charge in [0.1, 0.15) is 0 Å². The van der Waals surface area contributed by atoms with E-state index in [9.17, 15) is 9.59 Å². The van der Waals surface area contributed by atoms with Gasteiger partial charge >= 0.3 is 35.0 Å². The predicted octanol–water partition coefficient (Wildman–Crippen LogP) is 4.74. The SMILES string of the molecule is CCCCCCCCCCCCCCCCOC(=O)C=CC(=O)O.[MgH2]. The summed E-state index contributed by atoms with van der Waals surface area (Å²) in [6.45, 7) is 2.63. The first-order valence-electron chi connectivity index (χ1n) is 9.74. The lowest BCUT2D eigenvalue weighted by Crippen LogP contribution is -2.03. The van der Waals surface area contributed by atoms with E-state index in [0.717, 1.165) is 25.0 Å². The van der Waals surface area contributed by atoms with Gasteiger partial charge in [-0.3, -0.25) is 0 Å². The van der Waals surface area contributed by atoms with E-state index in [1.807, 2.05) is 0 Å². The highest BCUT2D eigenvalue weighted by atomic mass is 24.3. The Balaban J connectivity index is 0. The van der Waals surface area contributed by atoms with Crippen molar-refractivity contribution in [2.45, 2.75) is 96.8 Å². The third-order valence-corrected chi connectivity index (χ3v) is 4.10. The van der Waals surface area contributed by atoms with Crippen molar-refractivity contribution in [3.8, 4) is 0 Å². The molecule has 0 aliphatic carbocycles. The van der Waals surface area contributed by atoms with Gasteiger partial charge in [0.25, 0.3) is 0 Å². The second-order valence-electron chi connectivity index (χ2n) is 6.44. The molecule has 0 radical (unpaired) electrons. The Morgan fingerprint density at radius 1 is 0.720 bits per heavy atom. The summed E-state index contributed by atoms with van der Waals surface area (Å²) < 4.78 is 4.91. The molecule has 0 aromatic rings. The van der Waals surface area contributed by atoms with Gasteiger partial charge in [-0.1, -0.05) is 90.4 Å². The van der Waals surface area contributed by atoms with Gasteiger partial charge in [-0.15, -0.1) is 0 Å². The summed E-state index contributed by atoms with van der Waals surface area (Å²) in [6, 6.07) is 0. The summed E-state index contributed by atoms with van der Waals surface area (Å²) in [5.74, 6) is -1.71. The summed E-state index contributed by atoms with van der Waals surface area (Å²) in [5.41, 5.74) is 0. The molecule has 4 nitrogen and oxygen atoms in total. The lowest BCUT2D eigenvalue weighted by molar-refractivity contribution is -0.138. The van der Waals surface area contributed by atoms with E-state index in [1.54, 1.807) is 0 Å². The van der Waals surface area contributed by atoms with Crippen LogP contribution >= 0.6 is 0 Å². The van der Waals surface area contributed by atoms with Crippen molar-refractivity contribution < 1.29 is 19.4 Å². The third kappa shape index (κ3) is 23.4. The van der Waals surface area contributed by atoms with Crippen molar-refractivity contribution >= 4 is 35.0 Å². The molecular formula is C20H38MgO4. The molecule has 0 aromatic heterocycles. The van der Waals surface area contributed by atoms with Crippen molar-refractivity contribution in [1.82, 2.24) is 0 Å². The number of carbonyl (C=O) groups is 2. The Morgan fingerprint density at radius 2 is 1.12 bits per heavy atom. The van der Waals surface area contributed by atoms with E-state index >= 15 is 0 Å². The average molecular weight is 367 g/mol. The van der Waals surface area contributed by atoms with Crippen LogP contribution in [0.1, 0.15) is 96.8 Å². The third-order valence-electron chi connectivity index (χ3n) is 4.10. The Hall–Kier alpha value is -0.554. The zero-order chi connectivity index (χ0) is 17.9. The van der Waals surface area contributed by atoms with Crippen molar-refractivity contribution in [2.24, 2.45) is 0 Å². The smallest absolute Gasteiger partial charge is 0.331 e. The molecule has 144 valence electrons. The quantitative estimate of drug-likeness (QED) is 0.175. The molecule has 0 spiro atoms. The maximum absolute atomic E-state index is 11.1. The Labute approximate surface area is 169 Å². The molecule has 25 heavy (non-hydrogen) atoms. The van der Waals surface area contributed by atoms with Crippen molar-refractivity contribution in [1.29, 1.82) is 0 Å². The predicted molar refractivity (Wildman–Crippen MR) is 107 cm³/mol. The lowest BCUT2D eigenvalue weighted by Gasteiger charge is -2.04. The number of hydrogen-bond donors (Lipinski definition) is 1. The van der Waals surface area contributed by atoms with Crippen molar-refractivity contribution in [3.63, 3.8) is 0 Å². The molecule has 0 bridgehead atoms. The Bertz CT molecular complexity index is 343. The van der Waals surface area contributed by atoms with Gasteiger partial charge in [0.05, 0.1) is 6.61 Å². The molecule has 0 saturated heterocycles. The number of aliphatic carboxylic acids is 1. The van der Waals surface area contributed by atoms with Crippen LogP contribution in [0, 0.1) is 0 Å². The van der Waals surface area contributed by atoms with Crippen LogP contribution < -0.4 is 0 Å².